The molecule has 0 aliphatic carbocycles. The van der Waals surface area contributed by atoms with Crippen LogP contribution in [0.25, 0.3) is 0 Å². The van der Waals surface area contributed by atoms with Gasteiger partial charge in [0, 0.05) is 18.3 Å². The molecule has 9 nitrogen and oxygen atoms in total. The van der Waals surface area contributed by atoms with Gasteiger partial charge >= 0.3 is 11.9 Å². The molecule has 0 saturated heterocycles. The Morgan fingerprint density at radius 3 is 2.43 bits per heavy atom. The molecule has 0 saturated carbocycles. The standard InChI is InChI=1S/C14H22N4O5/c1-8(2)3-11(14(22)23)18-13(21)10(16-6-12(19)20)4-9-5-15-7-17-9/h5,7-8,10-11,16H,3-4,6H2,1-2H3,(H,15,17)(H,18,21)(H,19,20)(H,22,23)/t10-,11+/m0/s1. The number of aliphatic carboxylic acids is 2. The largest absolute Gasteiger partial charge is 0.480 e. The summed E-state index contributed by atoms with van der Waals surface area (Å²) in [5.41, 5.74) is 0.638. The minimum Gasteiger partial charge on any atom is -0.480 e. The molecule has 23 heavy (non-hydrogen) atoms. The van der Waals surface area contributed by atoms with E-state index in [1.165, 1.54) is 12.5 Å². The van der Waals surface area contributed by atoms with Crippen LogP contribution in [0.2, 0.25) is 0 Å². The predicted octanol–water partition coefficient (Wildman–Crippen LogP) is -0.389. The maximum atomic E-state index is 12.3. The maximum Gasteiger partial charge on any atom is 0.326 e. The van der Waals surface area contributed by atoms with Crippen LogP contribution in [-0.2, 0) is 20.8 Å². The maximum absolute atomic E-state index is 12.3. The Bertz CT molecular complexity index is 529. The molecule has 0 radical (unpaired) electrons. The van der Waals surface area contributed by atoms with E-state index in [1.54, 1.807) is 0 Å². The van der Waals surface area contributed by atoms with Gasteiger partial charge in [0.25, 0.3) is 0 Å². The Hall–Kier alpha value is -2.42. The zero-order chi connectivity index (χ0) is 17.4. The average Bonchev–Trinajstić information content (AvgIpc) is 2.94. The first-order chi connectivity index (χ1) is 10.8. The van der Waals surface area contributed by atoms with Gasteiger partial charge in [-0.2, -0.15) is 0 Å². The topological polar surface area (TPSA) is 144 Å². The van der Waals surface area contributed by atoms with E-state index in [0.29, 0.717) is 5.69 Å². The highest BCUT2D eigenvalue weighted by Crippen LogP contribution is 2.06. The minimum absolute atomic E-state index is 0.0921. The van der Waals surface area contributed by atoms with E-state index in [1.807, 2.05) is 13.8 Å². The normalized spacial score (nSPS) is 13.5. The van der Waals surface area contributed by atoms with Crippen LogP contribution in [0.1, 0.15) is 26.0 Å². The zero-order valence-corrected chi connectivity index (χ0v) is 13.1. The van der Waals surface area contributed by atoms with Gasteiger partial charge in [-0.3, -0.25) is 14.9 Å². The van der Waals surface area contributed by atoms with Gasteiger partial charge in [0.05, 0.1) is 18.9 Å². The number of H-pyrrole nitrogens is 1. The highest BCUT2D eigenvalue weighted by Gasteiger charge is 2.26. The summed E-state index contributed by atoms with van der Waals surface area (Å²) in [7, 11) is 0. The number of nitrogens with zero attached hydrogens (tertiary/aromatic N) is 1. The number of rotatable bonds is 10. The van der Waals surface area contributed by atoms with Gasteiger partial charge in [0.2, 0.25) is 5.91 Å². The van der Waals surface area contributed by atoms with Crippen LogP contribution in [0.15, 0.2) is 12.5 Å². The summed E-state index contributed by atoms with van der Waals surface area (Å²) in [5, 5.41) is 23.0. The van der Waals surface area contributed by atoms with Gasteiger partial charge in [-0.25, -0.2) is 9.78 Å². The van der Waals surface area contributed by atoms with Crippen molar-refractivity contribution in [3.8, 4) is 0 Å². The molecule has 0 aliphatic heterocycles. The molecule has 1 amide bonds. The second-order valence-corrected chi connectivity index (χ2v) is 5.64. The number of imidazole rings is 1. The van der Waals surface area contributed by atoms with Crippen molar-refractivity contribution in [3.63, 3.8) is 0 Å². The van der Waals surface area contributed by atoms with E-state index in [0.717, 1.165) is 0 Å². The fraction of sp³-hybridized carbons (Fsp3) is 0.571. The molecule has 5 N–H and O–H groups in total. The van der Waals surface area contributed by atoms with Crippen molar-refractivity contribution in [1.29, 1.82) is 0 Å². The van der Waals surface area contributed by atoms with Crippen molar-refractivity contribution in [2.75, 3.05) is 6.54 Å². The second kappa shape index (κ2) is 8.89. The summed E-state index contributed by atoms with van der Waals surface area (Å²) in [6, 6.07) is -1.89. The molecule has 1 aromatic rings. The molecule has 0 fully saturated rings. The molecule has 1 aromatic heterocycles. The fourth-order valence-corrected chi connectivity index (χ4v) is 2.05. The number of carbonyl (C=O) groups is 3. The lowest BCUT2D eigenvalue weighted by Crippen LogP contribution is -2.52. The van der Waals surface area contributed by atoms with Crippen LogP contribution < -0.4 is 10.6 Å². The number of aromatic amines is 1. The monoisotopic (exact) mass is 326 g/mol. The molecule has 0 aromatic carbocycles. The number of carbonyl (C=O) groups excluding carboxylic acids is 1. The number of carboxylic acid groups (broad SMARTS) is 2. The number of amides is 1. The van der Waals surface area contributed by atoms with Crippen molar-refractivity contribution in [2.45, 2.75) is 38.8 Å². The summed E-state index contributed by atoms with van der Waals surface area (Å²) >= 11 is 0. The third-order valence-corrected chi connectivity index (χ3v) is 3.12. The van der Waals surface area contributed by atoms with Crippen molar-refractivity contribution in [1.82, 2.24) is 20.6 Å². The predicted molar refractivity (Wildman–Crippen MR) is 80.7 cm³/mol. The zero-order valence-electron chi connectivity index (χ0n) is 13.1. The molecule has 0 aliphatic rings. The van der Waals surface area contributed by atoms with Crippen LogP contribution in [0, 0.1) is 5.92 Å². The molecule has 2 atom stereocenters. The Morgan fingerprint density at radius 2 is 1.96 bits per heavy atom. The molecule has 1 rings (SSSR count). The van der Waals surface area contributed by atoms with E-state index in [9.17, 15) is 19.5 Å². The lowest BCUT2D eigenvalue weighted by molar-refractivity contribution is -0.143. The third kappa shape index (κ3) is 6.92. The summed E-state index contributed by atoms with van der Waals surface area (Å²) in [6.45, 7) is 3.30. The van der Waals surface area contributed by atoms with E-state index < -0.39 is 36.5 Å². The van der Waals surface area contributed by atoms with Crippen LogP contribution >= 0.6 is 0 Å². The lowest BCUT2D eigenvalue weighted by atomic mass is 10.0. The molecule has 0 unspecified atom stereocenters. The highest BCUT2D eigenvalue weighted by molar-refractivity contribution is 5.87. The lowest BCUT2D eigenvalue weighted by Gasteiger charge is -2.21. The van der Waals surface area contributed by atoms with Crippen LogP contribution in [0.5, 0.6) is 0 Å². The number of aromatic nitrogens is 2. The summed E-state index contributed by atoms with van der Waals surface area (Å²) < 4.78 is 0. The molecule has 1 heterocycles. The number of hydrogen-bond donors (Lipinski definition) is 5. The summed E-state index contributed by atoms with van der Waals surface area (Å²) in [6.07, 6.45) is 3.43. The van der Waals surface area contributed by atoms with E-state index in [-0.39, 0.29) is 18.8 Å². The van der Waals surface area contributed by atoms with Crippen molar-refractivity contribution in [2.24, 2.45) is 5.92 Å². The molecular weight excluding hydrogens is 304 g/mol. The number of hydrogen-bond acceptors (Lipinski definition) is 5. The fourth-order valence-electron chi connectivity index (χ4n) is 2.05. The first-order valence-electron chi connectivity index (χ1n) is 7.25. The van der Waals surface area contributed by atoms with Crippen molar-refractivity contribution >= 4 is 17.8 Å². The third-order valence-electron chi connectivity index (χ3n) is 3.12. The number of carboxylic acids is 2. The summed E-state index contributed by atoms with van der Waals surface area (Å²) in [5.74, 6) is -2.70. The van der Waals surface area contributed by atoms with Gasteiger partial charge in [-0.05, 0) is 12.3 Å². The SMILES string of the molecule is CC(C)C[C@@H](NC(=O)[C@H](Cc1cnc[nH]1)NCC(=O)O)C(=O)O. The Morgan fingerprint density at radius 1 is 1.26 bits per heavy atom. The number of nitrogens with one attached hydrogen (secondary N) is 3. The van der Waals surface area contributed by atoms with Crippen molar-refractivity contribution in [3.05, 3.63) is 18.2 Å². The van der Waals surface area contributed by atoms with Crippen molar-refractivity contribution < 1.29 is 24.6 Å². The van der Waals surface area contributed by atoms with E-state index >= 15 is 0 Å². The first kappa shape index (κ1) is 18.6. The van der Waals surface area contributed by atoms with Gasteiger partial charge in [0.1, 0.15) is 6.04 Å². The van der Waals surface area contributed by atoms with Gasteiger partial charge in [0.15, 0.2) is 0 Å². The molecular formula is C14H22N4O5. The quantitative estimate of drug-likeness (QED) is 0.394. The molecule has 128 valence electrons. The average molecular weight is 326 g/mol. The Labute approximate surface area is 133 Å². The summed E-state index contributed by atoms with van der Waals surface area (Å²) in [4.78, 5) is 40.9. The van der Waals surface area contributed by atoms with Gasteiger partial charge in [-0.15, -0.1) is 0 Å². The van der Waals surface area contributed by atoms with Crippen LogP contribution in [-0.4, -0.2) is 56.7 Å². The van der Waals surface area contributed by atoms with Gasteiger partial charge in [-0.1, -0.05) is 13.8 Å². The van der Waals surface area contributed by atoms with Crippen LogP contribution in [0.3, 0.4) is 0 Å². The second-order valence-electron chi connectivity index (χ2n) is 5.64. The minimum atomic E-state index is -1.12. The highest BCUT2D eigenvalue weighted by atomic mass is 16.4. The molecule has 0 bridgehead atoms. The van der Waals surface area contributed by atoms with Crippen LogP contribution in [0.4, 0.5) is 0 Å². The smallest absolute Gasteiger partial charge is 0.326 e. The Balaban J connectivity index is 2.75. The van der Waals surface area contributed by atoms with E-state index in [4.69, 9.17) is 5.11 Å². The molecule has 0 spiro atoms. The van der Waals surface area contributed by atoms with Gasteiger partial charge < -0.3 is 20.5 Å². The first-order valence-corrected chi connectivity index (χ1v) is 7.25. The molecule has 9 heteroatoms. The Kier molecular flexibility index (Phi) is 7.20. The van der Waals surface area contributed by atoms with E-state index in [2.05, 4.69) is 20.6 Å².